The van der Waals surface area contributed by atoms with Crippen molar-refractivity contribution in [2.24, 2.45) is 0 Å². The third-order valence-corrected chi connectivity index (χ3v) is 2.57. The van der Waals surface area contributed by atoms with Crippen LogP contribution >= 0.6 is 0 Å². The summed E-state index contributed by atoms with van der Waals surface area (Å²) in [7, 11) is 0. The van der Waals surface area contributed by atoms with Gasteiger partial charge in [0.05, 0.1) is 5.56 Å². The Labute approximate surface area is 105 Å². The molecule has 1 aromatic heterocycles. The van der Waals surface area contributed by atoms with Crippen LogP contribution in [0, 0.1) is 12.7 Å². The van der Waals surface area contributed by atoms with Gasteiger partial charge >= 0.3 is 5.97 Å². The Morgan fingerprint density at radius 1 is 1.37 bits per heavy atom. The molecule has 0 spiro atoms. The fourth-order valence-corrected chi connectivity index (χ4v) is 1.69. The van der Waals surface area contributed by atoms with E-state index in [0.717, 1.165) is 12.1 Å². The van der Waals surface area contributed by atoms with E-state index in [9.17, 15) is 18.0 Å². The maximum Gasteiger partial charge on any atom is 0.358 e. The Kier molecular flexibility index (Phi) is 3.28. The average molecular weight is 271 g/mol. The Balaban J connectivity index is 2.48. The van der Waals surface area contributed by atoms with E-state index in [0.29, 0.717) is 0 Å². The van der Waals surface area contributed by atoms with E-state index in [-0.39, 0.29) is 22.6 Å². The molecule has 0 radical (unpaired) electrons. The van der Waals surface area contributed by atoms with E-state index in [1.807, 2.05) is 0 Å². The molecule has 19 heavy (non-hydrogen) atoms. The predicted octanol–water partition coefficient (Wildman–Crippen LogP) is 3.42. The molecule has 0 aliphatic rings. The lowest BCUT2D eigenvalue weighted by Gasteiger charge is -2.07. The van der Waals surface area contributed by atoms with Gasteiger partial charge in [0, 0.05) is 11.6 Å². The second-order valence-corrected chi connectivity index (χ2v) is 3.87. The van der Waals surface area contributed by atoms with Crippen molar-refractivity contribution in [1.29, 1.82) is 0 Å². The van der Waals surface area contributed by atoms with Crippen LogP contribution in [-0.2, 0) is 0 Å². The van der Waals surface area contributed by atoms with Crippen molar-refractivity contribution >= 4 is 5.97 Å². The first-order valence-electron chi connectivity index (χ1n) is 5.18. The number of aromatic carboxylic acids is 1. The summed E-state index contributed by atoms with van der Waals surface area (Å²) >= 11 is 0. The number of benzene rings is 1. The van der Waals surface area contributed by atoms with E-state index < -0.39 is 23.8 Å². The lowest BCUT2D eigenvalue weighted by molar-refractivity contribution is 0.0685. The number of alkyl halides is 2. The maximum atomic E-state index is 13.6. The molecule has 100 valence electrons. The van der Waals surface area contributed by atoms with Crippen LogP contribution in [0.1, 0.15) is 28.0 Å². The van der Waals surface area contributed by atoms with Gasteiger partial charge in [-0.25, -0.2) is 18.0 Å². The van der Waals surface area contributed by atoms with Gasteiger partial charge in [0.1, 0.15) is 5.82 Å². The molecule has 0 bridgehead atoms. The number of halogens is 3. The highest BCUT2D eigenvalue weighted by atomic mass is 19.3. The minimum absolute atomic E-state index is 0.000200. The summed E-state index contributed by atoms with van der Waals surface area (Å²) < 4.78 is 43.5. The van der Waals surface area contributed by atoms with Crippen molar-refractivity contribution in [3.8, 4) is 11.3 Å². The normalized spacial score (nSPS) is 11.0. The number of nitrogens with zero attached hydrogens (tertiary/aromatic N) is 1. The lowest BCUT2D eigenvalue weighted by atomic mass is 10.0. The number of hydrogen-bond acceptors (Lipinski definition) is 3. The minimum atomic E-state index is -2.92. The molecule has 2 rings (SSSR count). The van der Waals surface area contributed by atoms with Gasteiger partial charge in [-0.15, -0.1) is 0 Å². The van der Waals surface area contributed by atoms with Crippen LogP contribution in [0.15, 0.2) is 22.7 Å². The summed E-state index contributed by atoms with van der Waals surface area (Å²) in [4.78, 5) is 10.6. The molecule has 2 aromatic rings. The fourth-order valence-electron chi connectivity index (χ4n) is 1.69. The van der Waals surface area contributed by atoms with E-state index in [4.69, 9.17) is 9.63 Å². The van der Waals surface area contributed by atoms with E-state index in [1.165, 1.54) is 13.0 Å². The minimum Gasteiger partial charge on any atom is -0.476 e. The smallest absolute Gasteiger partial charge is 0.358 e. The Hall–Kier alpha value is -2.31. The highest BCUT2D eigenvalue weighted by Gasteiger charge is 2.19. The van der Waals surface area contributed by atoms with Gasteiger partial charge in [-0.3, -0.25) is 0 Å². The molecule has 0 aliphatic heterocycles. The van der Waals surface area contributed by atoms with E-state index in [1.54, 1.807) is 0 Å². The number of carbonyl (C=O) groups is 1. The lowest BCUT2D eigenvalue weighted by Crippen LogP contribution is -1.96. The first-order chi connectivity index (χ1) is 8.90. The van der Waals surface area contributed by atoms with Gasteiger partial charge < -0.3 is 9.63 Å². The van der Waals surface area contributed by atoms with Crippen LogP contribution in [0.5, 0.6) is 0 Å². The number of carboxylic acids is 1. The molecule has 0 atom stereocenters. The SMILES string of the molecule is Cc1cc(-c2cc(C(=O)O)no2)cc(F)c1C(F)F. The molecule has 4 nitrogen and oxygen atoms in total. The summed E-state index contributed by atoms with van der Waals surface area (Å²) in [6.45, 7) is 1.34. The Morgan fingerprint density at radius 3 is 2.53 bits per heavy atom. The monoisotopic (exact) mass is 271 g/mol. The number of aromatic nitrogens is 1. The van der Waals surface area contributed by atoms with Crippen LogP contribution in [-0.4, -0.2) is 16.2 Å². The van der Waals surface area contributed by atoms with Gasteiger partial charge in [0.15, 0.2) is 11.5 Å². The molecule has 1 N–H and O–H groups in total. The molecular weight excluding hydrogens is 263 g/mol. The summed E-state index contributed by atoms with van der Waals surface area (Å²) in [6.07, 6.45) is -2.92. The van der Waals surface area contributed by atoms with Crippen LogP contribution in [0.3, 0.4) is 0 Å². The number of rotatable bonds is 3. The van der Waals surface area contributed by atoms with Crippen LogP contribution in [0.2, 0.25) is 0 Å². The number of aryl methyl sites for hydroxylation is 1. The first kappa shape index (κ1) is 13.1. The van der Waals surface area contributed by atoms with Crippen molar-refractivity contribution in [2.45, 2.75) is 13.3 Å². The van der Waals surface area contributed by atoms with E-state index in [2.05, 4.69) is 5.16 Å². The molecule has 0 unspecified atom stereocenters. The van der Waals surface area contributed by atoms with E-state index >= 15 is 0 Å². The predicted molar refractivity (Wildman–Crippen MR) is 58.6 cm³/mol. The third kappa shape index (κ3) is 2.44. The quantitative estimate of drug-likeness (QED) is 0.928. The molecule has 1 heterocycles. The number of hydrogen-bond donors (Lipinski definition) is 1. The third-order valence-electron chi connectivity index (χ3n) is 2.57. The molecule has 0 fully saturated rings. The summed E-state index contributed by atoms with van der Waals surface area (Å²) in [5.41, 5.74) is -0.814. The van der Waals surface area contributed by atoms with Gasteiger partial charge in [0.2, 0.25) is 0 Å². The van der Waals surface area contributed by atoms with Crippen molar-refractivity contribution < 1.29 is 27.6 Å². The van der Waals surface area contributed by atoms with Crippen LogP contribution < -0.4 is 0 Å². The maximum absolute atomic E-state index is 13.6. The summed E-state index contributed by atoms with van der Waals surface area (Å²) in [5, 5.41) is 11.9. The zero-order valence-electron chi connectivity index (χ0n) is 9.65. The standard InChI is InChI=1S/C12H8F3NO3/c1-5-2-6(3-7(13)10(5)11(14)15)9-4-8(12(17)18)16-19-9/h2-4,11H,1H3,(H,17,18). The van der Waals surface area contributed by atoms with Crippen LogP contribution in [0.25, 0.3) is 11.3 Å². The van der Waals surface area contributed by atoms with Crippen molar-refractivity contribution in [3.05, 3.63) is 40.8 Å². The average Bonchev–Trinajstić information content (AvgIpc) is 2.76. The van der Waals surface area contributed by atoms with Gasteiger partial charge in [-0.2, -0.15) is 0 Å². The van der Waals surface area contributed by atoms with Crippen molar-refractivity contribution in [3.63, 3.8) is 0 Å². The topological polar surface area (TPSA) is 63.3 Å². The summed E-state index contributed by atoms with van der Waals surface area (Å²) in [6, 6.07) is 3.25. The zero-order valence-corrected chi connectivity index (χ0v) is 9.65. The molecule has 0 saturated heterocycles. The molecule has 0 amide bonds. The highest BCUT2D eigenvalue weighted by molar-refractivity contribution is 5.86. The zero-order chi connectivity index (χ0) is 14.2. The highest BCUT2D eigenvalue weighted by Crippen LogP contribution is 2.30. The van der Waals surface area contributed by atoms with Crippen LogP contribution in [0.4, 0.5) is 13.2 Å². The van der Waals surface area contributed by atoms with Gasteiger partial charge in [0.25, 0.3) is 6.43 Å². The summed E-state index contributed by atoms with van der Waals surface area (Å²) in [5.74, 6) is -2.37. The van der Waals surface area contributed by atoms with Crippen molar-refractivity contribution in [2.75, 3.05) is 0 Å². The second kappa shape index (κ2) is 4.75. The van der Waals surface area contributed by atoms with Gasteiger partial charge in [-0.05, 0) is 24.6 Å². The molecule has 0 aliphatic carbocycles. The largest absolute Gasteiger partial charge is 0.476 e. The Morgan fingerprint density at radius 2 is 2.05 bits per heavy atom. The molecule has 1 aromatic carbocycles. The first-order valence-corrected chi connectivity index (χ1v) is 5.18. The molecule has 7 heteroatoms. The second-order valence-electron chi connectivity index (χ2n) is 3.87. The Bertz CT molecular complexity index is 614. The fraction of sp³-hybridized carbons (Fsp3) is 0.167. The molecule has 0 saturated carbocycles. The molecular formula is C12H8F3NO3. The van der Waals surface area contributed by atoms with Crippen molar-refractivity contribution in [1.82, 2.24) is 5.16 Å². The van der Waals surface area contributed by atoms with Gasteiger partial charge in [-0.1, -0.05) is 5.16 Å². The number of carboxylic acid groups (broad SMARTS) is 1.